The van der Waals surface area contributed by atoms with Crippen molar-refractivity contribution in [3.8, 4) is 0 Å². The highest BCUT2D eigenvalue weighted by Crippen LogP contribution is 2.05. The van der Waals surface area contributed by atoms with Crippen LogP contribution >= 0.6 is 12.4 Å². The van der Waals surface area contributed by atoms with Crippen molar-refractivity contribution in [1.82, 2.24) is 10.6 Å². The lowest BCUT2D eigenvalue weighted by molar-refractivity contribution is -0.151. The molecule has 106 valence electrons. The van der Waals surface area contributed by atoms with Crippen molar-refractivity contribution < 1.29 is 14.3 Å². The maximum Gasteiger partial charge on any atom is 0.310 e. The Hall–Kier alpha value is -0.810. The van der Waals surface area contributed by atoms with Crippen molar-refractivity contribution in [2.75, 3.05) is 13.1 Å². The Morgan fingerprint density at radius 2 is 2.06 bits per heavy atom. The molecule has 1 rings (SSSR count). The van der Waals surface area contributed by atoms with Crippen LogP contribution in [-0.4, -0.2) is 37.1 Å². The fourth-order valence-corrected chi connectivity index (χ4v) is 1.72. The largest absolute Gasteiger partial charge is 0.463 e. The maximum atomic E-state index is 11.7. The minimum atomic E-state index is -0.303. The molecule has 0 aromatic carbocycles. The van der Waals surface area contributed by atoms with Gasteiger partial charge in [-0.15, -0.1) is 12.4 Å². The number of nitrogens with one attached hydrogen (secondary N) is 2. The average Bonchev–Trinajstić information content (AvgIpc) is 2.77. The van der Waals surface area contributed by atoms with Crippen LogP contribution in [0.1, 0.15) is 33.6 Å². The topological polar surface area (TPSA) is 67.4 Å². The normalized spacial score (nSPS) is 20.1. The van der Waals surface area contributed by atoms with E-state index in [4.69, 9.17) is 4.74 Å². The summed E-state index contributed by atoms with van der Waals surface area (Å²) >= 11 is 0. The molecular weight excluding hydrogens is 256 g/mol. The van der Waals surface area contributed by atoms with E-state index in [0.29, 0.717) is 6.54 Å². The number of amides is 1. The first-order valence-electron chi connectivity index (χ1n) is 6.22. The summed E-state index contributed by atoms with van der Waals surface area (Å²) < 4.78 is 5.06. The monoisotopic (exact) mass is 278 g/mol. The first kappa shape index (κ1) is 17.2. The lowest BCUT2D eigenvalue weighted by Gasteiger charge is -2.16. The Bertz CT molecular complexity index is 278. The Morgan fingerprint density at radius 3 is 2.56 bits per heavy atom. The molecule has 1 fully saturated rings. The molecule has 0 aliphatic carbocycles. The van der Waals surface area contributed by atoms with Gasteiger partial charge in [-0.05, 0) is 33.2 Å². The zero-order chi connectivity index (χ0) is 12.8. The van der Waals surface area contributed by atoms with Gasteiger partial charge in [-0.1, -0.05) is 6.92 Å². The number of ether oxygens (including phenoxy) is 1. The molecule has 0 aromatic rings. The van der Waals surface area contributed by atoms with Gasteiger partial charge in [-0.3, -0.25) is 9.59 Å². The van der Waals surface area contributed by atoms with E-state index >= 15 is 0 Å². The van der Waals surface area contributed by atoms with E-state index in [0.717, 1.165) is 19.4 Å². The second-order valence-electron chi connectivity index (χ2n) is 4.78. The average molecular weight is 279 g/mol. The molecule has 2 atom stereocenters. The van der Waals surface area contributed by atoms with E-state index in [1.54, 1.807) is 6.92 Å². The van der Waals surface area contributed by atoms with Gasteiger partial charge >= 0.3 is 5.97 Å². The molecule has 2 unspecified atom stereocenters. The minimum absolute atomic E-state index is 0. The lowest BCUT2D eigenvalue weighted by atomic mass is 10.1. The summed E-state index contributed by atoms with van der Waals surface area (Å²) in [5, 5.41) is 5.89. The number of halogens is 1. The second kappa shape index (κ2) is 8.32. The Labute approximate surface area is 114 Å². The van der Waals surface area contributed by atoms with E-state index in [1.807, 2.05) is 13.8 Å². The summed E-state index contributed by atoms with van der Waals surface area (Å²) in [5.41, 5.74) is 0. The number of hydrogen-bond donors (Lipinski definition) is 2. The molecule has 0 radical (unpaired) electrons. The number of rotatable bonds is 5. The molecule has 0 spiro atoms. The van der Waals surface area contributed by atoms with Crippen molar-refractivity contribution in [3.63, 3.8) is 0 Å². The molecule has 5 nitrogen and oxygen atoms in total. The Kier molecular flexibility index (Phi) is 7.95. The molecule has 2 N–H and O–H groups in total. The highest BCUT2D eigenvalue weighted by molar-refractivity contribution is 5.85. The fourth-order valence-electron chi connectivity index (χ4n) is 1.72. The third-order valence-corrected chi connectivity index (χ3v) is 2.71. The third-order valence-electron chi connectivity index (χ3n) is 2.71. The molecule has 1 amide bonds. The summed E-state index contributed by atoms with van der Waals surface area (Å²) in [6, 6.07) is -0.0941. The van der Waals surface area contributed by atoms with Gasteiger partial charge in [0.15, 0.2) is 0 Å². The fraction of sp³-hybridized carbons (Fsp3) is 0.833. The molecular formula is C12H23ClN2O3. The minimum Gasteiger partial charge on any atom is -0.463 e. The van der Waals surface area contributed by atoms with Gasteiger partial charge in [-0.25, -0.2) is 0 Å². The van der Waals surface area contributed by atoms with Crippen molar-refractivity contribution >= 4 is 24.3 Å². The van der Waals surface area contributed by atoms with Gasteiger partial charge in [0.25, 0.3) is 0 Å². The number of carbonyl (C=O) groups excluding carboxylic acids is 2. The van der Waals surface area contributed by atoms with Crippen LogP contribution in [0.2, 0.25) is 0 Å². The number of carbonyl (C=O) groups is 2. The molecule has 0 bridgehead atoms. The van der Waals surface area contributed by atoms with Crippen LogP contribution in [0.15, 0.2) is 0 Å². The van der Waals surface area contributed by atoms with Gasteiger partial charge in [0, 0.05) is 6.54 Å². The van der Waals surface area contributed by atoms with E-state index in [9.17, 15) is 9.59 Å². The van der Waals surface area contributed by atoms with Crippen molar-refractivity contribution in [2.24, 2.45) is 5.92 Å². The zero-order valence-corrected chi connectivity index (χ0v) is 12.0. The van der Waals surface area contributed by atoms with E-state index in [2.05, 4.69) is 10.6 Å². The summed E-state index contributed by atoms with van der Waals surface area (Å²) in [6.07, 6.45) is 1.79. The van der Waals surface area contributed by atoms with Gasteiger partial charge in [0.1, 0.15) is 0 Å². The molecule has 1 heterocycles. The van der Waals surface area contributed by atoms with Crippen LogP contribution < -0.4 is 10.6 Å². The third kappa shape index (κ3) is 5.69. The zero-order valence-electron chi connectivity index (χ0n) is 11.2. The van der Waals surface area contributed by atoms with E-state index in [1.165, 1.54) is 0 Å². The van der Waals surface area contributed by atoms with Crippen LogP contribution in [0.25, 0.3) is 0 Å². The van der Waals surface area contributed by atoms with Gasteiger partial charge < -0.3 is 15.4 Å². The van der Waals surface area contributed by atoms with Gasteiger partial charge in [0.2, 0.25) is 5.91 Å². The predicted molar refractivity (Wildman–Crippen MR) is 71.7 cm³/mol. The number of esters is 1. The Morgan fingerprint density at radius 1 is 1.39 bits per heavy atom. The van der Waals surface area contributed by atoms with Gasteiger partial charge in [-0.2, -0.15) is 0 Å². The summed E-state index contributed by atoms with van der Waals surface area (Å²) in [4.78, 5) is 23.2. The highest BCUT2D eigenvalue weighted by Gasteiger charge is 2.23. The standard InChI is InChI=1S/C12H22N2O3.ClH/c1-8(2)17-12(16)9(3)7-14-11(15)10-5-4-6-13-10;/h8-10,13H,4-7H2,1-3H3,(H,14,15);1H. The lowest BCUT2D eigenvalue weighted by Crippen LogP contribution is -2.43. The maximum absolute atomic E-state index is 11.7. The summed E-state index contributed by atoms with van der Waals surface area (Å²) in [7, 11) is 0. The quantitative estimate of drug-likeness (QED) is 0.732. The summed E-state index contributed by atoms with van der Waals surface area (Å²) in [5.74, 6) is -0.589. The molecule has 1 aliphatic heterocycles. The van der Waals surface area contributed by atoms with Crippen LogP contribution in [0.4, 0.5) is 0 Å². The molecule has 0 saturated carbocycles. The molecule has 1 aliphatic rings. The van der Waals surface area contributed by atoms with Crippen LogP contribution in [0.3, 0.4) is 0 Å². The van der Waals surface area contributed by atoms with Crippen molar-refractivity contribution in [2.45, 2.75) is 45.8 Å². The molecule has 18 heavy (non-hydrogen) atoms. The van der Waals surface area contributed by atoms with E-state index < -0.39 is 0 Å². The molecule has 1 saturated heterocycles. The predicted octanol–water partition coefficient (Wildman–Crippen LogP) is 0.864. The van der Waals surface area contributed by atoms with Crippen LogP contribution in [0, 0.1) is 5.92 Å². The summed E-state index contributed by atoms with van der Waals surface area (Å²) in [6.45, 7) is 6.61. The van der Waals surface area contributed by atoms with Crippen LogP contribution in [-0.2, 0) is 14.3 Å². The van der Waals surface area contributed by atoms with Crippen molar-refractivity contribution in [1.29, 1.82) is 0 Å². The first-order valence-corrected chi connectivity index (χ1v) is 6.22. The Balaban J connectivity index is 0.00000289. The smallest absolute Gasteiger partial charge is 0.310 e. The first-order chi connectivity index (χ1) is 8.00. The second-order valence-corrected chi connectivity index (χ2v) is 4.78. The SMILES string of the molecule is CC(C)OC(=O)C(C)CNC(=O)C1CCCN1.Cl. The number of hydrogen-bond acceptors (Lipinski definition) is 4. The molecule has 0 aromatic heterocycles. The van der Waals surface area contributed by atoms with Crippen LogP contribution in [0.5, 0.6) is 0 Å². The molecule has 6 heteroatoms. The highest BCUT2D eigenvalue weighted by atomic mass is 35.5. The van der Waals surface area contributed by atoms with Gasteiger partial charge in [0.05, 0.1) is 18.1 Å². The van der Waals surface area contributed by atoms with Crippen molar-refractivity contribution in [3.05, 3.63) is 0 Å². The van der Waals surface area contributed by atoms with E-state index in [-0.39, 0.29) is 42.3 Å².